The van der Waals surface area contributed by atoms with Crippen LogP contribution in [0.5, 0.6) is 0 Å². The summed E-state index contributed by atoms with van der Waals surface area (Å²) in [4.78, 5) is 26.8. The number of aliphatic imine (C=N–C) groups is 2. The van der Waals surface area contributed by atoms with E-state index in [2.05, 4.69) is 9.98 Å². The van der Waals surface area contributed by atoms with Crippen LogP contribution in [0.3, 0.4) is 0 Å². The zero-order chi connectivity index (χ0) is 11.7. The maximum absolute atomic E-state index is 10.1. The topological polar surface area (TPSA) is 58.9 Å². The second kappa shape index (κ2) is 8.63. The monoisotopic (exact) mass is 250 g/mol. The summed E-state index contributed by atoms with van der Waals surface area (Å²) in [7, 11) is 0. The smallest absolute Gasteiger partial charge is 0.211 e. The van der Waals surface area contributed by atoms with Gasteiger partial charge in [-0.1, -0.05) is 6.92 Å². The average molecular weight is 251 g/mol. The highest BCUT2D eigenvalue weighted by molar-refractivity contribution is 6.44. The summed E-state index contributed by atoms with van der Waals surface area (Å²) < 4.78 is 0. The highest BCUT2D eigenvalue weighted by atomic mass is 35.5. The second-order valence-corrected chi connectivity index (χ2v) is 4.30. The minimum absolute atomic E-state index is 0.198. The molecule has 0 N–H and O–H groups in total. The molecule has 0 amide bonds. The second-order valence-electron chi connectivity index (χ2n) is 3.02. The molecule has 0 aliphatic rings. The first kappa shape index (κ1) is 14.3. The van der Waals surface area contributed by atoms with Gasteiger partial charge in [0.2, 0.25) is 12.2 Å². The number of rotatable bonds is 7. The molecule has 0 aromatic carbocycles. The van der Waals surface area contributed by atoms with Crippen molar-refractivity contribution in [3.05, 3.63) is 0 Å². The van der Waals surface area contributed by atoms with Crippen LogP contribution in [-0.2, 0) is 9.59 Å². The van der Waals surface area contributed by atoms with Gasteiger partial charge in [-0.2, -0.15) is 0 Å². The Bertz CT molecular complexity index is 271. The molecule has 0 fully saturated rings. The lowest BCUT2D eigenvalue weighted by Gasteiger charge is -2.14. The third-order valence-electron chi connectivity index (χ3n) is 1.94. The van der Waals surface area contributed by atoms with Crippen molar-refractivity contribution in [1.29, 1.82) is 0 Å². The lowest BCUT2D eigenvalue weighted by molar-refractivity contribution is 0.487. The number of hydrogen-bond acceptors (Lipinski definition) is 4. The van der Waals surface area contributed by atoms with Gasteiger partial charge in [-0.3, -0.25) is 0 Å². The maximum Gasteiger partial charge on any atom is 0.235 e. The van der Waals surface area contributed by atoms with Crippen LogP contribution in [-0.4, -0.2) is 29.1 Å². The van der Waals surface area contributed by atoms with Crippen LogP contribution in [0.25, 0.3) is 0 Å². The Labute approximate surface area is 98.4 Å². The van der Waals surface area contributed by atoms with Crippen LogP contribution in [0.2, 0.25) is 0 Å². The number of isocyanates is 2. The molecule has 15 heavy (non-hydrogen) atoms. The molecule has 0 aromatic rings. The summed E-state index contributed by atoms with van der Waals surface area (Å²) in [5.41, 5.74) is 0. The van der Waals surface area contributed by atoms with Crippen molar-refractivity contribution in [2.75, 3.05) is 0 Å². The van der Waals surface area contributed by atoms with Crippen LogP contribution >= 0.6 is 23.2 Å². The van der Waals surface area contributed by atoms with Crippen LogP contribution in [0, 0.1) is 0 Å². The number of alkyl halides is 2. The molecule has 2 atom stereocenters. The fourth-order valence-electron chi connectivity index (χ4n) is 1.18. The van der Waals surface area contributed by atoms with Gasteiger partial charge in [0.25, 0.3) is 0 Å². The van der Waals surface area contributed by atoms with E-state index in [1.54, 1.807) is 0 Å². The molecule has 0 radical (unpaired) electrons. The third-order valence-corrected chi connectivity index (χ3v) is 2.29. The number of carbonyl (C=O) groups excluding carboxylic acids is 2. The van der Waals surface area contributed by atoms with Crippen LogP contribution < -0.4 is 0 Å². The van der Waals surface area contributed by atoms with E-state index in [0.717, 1.165) is 0 Å². The summed E-state index contributed by atoms with van der Waals surface area (Å²) in [6.07, 6.45) is 4.43. The largest absolute Gasteiger partial charge is 0.235 e. The molecule has 0 saturated heterocycles. The highest BCUT2D eigenvalue weighted by Gasteiger charge is 2.16. The Balaban J connectivity index is 4.36. The molecule has 0 saturated carbocycles. The lowest BCUT2D eigenvalue weighted by atomic mass is 10.0. The van der Waals surface area contributed by atoms with Crippen molar-refractivity contribution in [2.24, 2.45) is 9.98 Å². The molecule has 0 aromatic heterocycles. The first-order valence-corrected chi connectivity index (χ1v) is 5.43. The van der Waals surface area contributed by atoms with Crippen molar-refractivity contribution >= 4 is 35.4 Å². The van der Waals surface area contributed by atoms with Gasteiger partial charge in [0.1, 0.15) is 4.84 Å². The number of nitrogens with zero attached hydrogens (tertiary/aromatic N) is 2. The molecule has 2 unspecified atom stereocenters. The van der Waals surface area contributed by atoms with Crippen molar-refractivity contribution < 1.29 is 9.59 Å². The van der Waals surface area contributed by atoms with Crippen LogP contribution in [0.15, 0.2) is 9.98 Å². The number of hydrogen-bond donors (Lipinski definition) is 0. The first-order valence-electron chi connectivity index (χ1n) is 4.56. The van der Waals surface area contributed by atoms with Crippen LogP contribution in [0.1, 0.15) is 26.2 Å². The molecule has 0 aliphatic carbocycles. The van der Waals surface area contributed by atoms with Crippen molar-refractivity contribution in [3.63, 3.8) is 0 Å². The summed E-state index contributed by atoms with van der Waals surface area (Å²) >= 11 is 11.2. The SMILES string of the molecule is CCC(CC(CC(Cl)Cl)N=C=O)N=C=O. The van der Waals surface area contributed by atoms with Crippen molar-refractivity contribution in [3.8, 4) is 0 Å². The summed E-state index contributed by atoms with van der Waals surface area (Å²) in [5, 5.41) is 0. The van der Waals surface area contributed by atoms with E-state index in [1.165, 1.54) is 12.2 Å². The van der Waals surface area contributed by atoms with Gasteiger partial charge in [0.15, 0.2) is 0 Å². The summed E-state index contributed by atoms with van der Waals surface area (Å²) in [6.45, 7) is 1.88. The molecule has 0 spiro atoms. The quantitative estimate of drug-likeness (QED) is 0.396. The molecular weight excluding hydrogens is 239 g/mol. The first-order chi connectivity index (χ1) is 7.13. The van der Waals surface area contributed by atoms with Crippen LogP contribution in [0.4, 0.5) is 0 Å². The standard InChI is InChI=1S/C9H12Cl2N2O2/c1-2-7(12-5-14)3-8(13-6-15)4-9(10)11/h7-9H,2-4H2,1H3. The Morgan fingerprint density at radius 2 is 1.60 bits per heavy atom. The molecule has 84 valence electrons. The maximum atomic E-state index is 10.1. The Morgan fingerprint density at radius 3 is 2.00 bits per heavy atom. The molecule has 0 heterocycles. The summed E-state index contributed by atoms with van der Waals surface area (Å²) in [6, 6.07) is -0.541. The van der Waals surface area contributed by atoms with Crippen molar-refractivity contribution in [1.82, 2.24) is 0 Å². The van der Waals surface area contributed by atoms with Gasteiger partial charge in [-0.25, -0.2) is 19.6 Å². The lowest BCUT2D eigenvalue weighted by Crippen LogP contribution is -2.16. The van der Waals surface area contributed by atoms with E-state index in [0.29, 0.717) is 19.3 Å². The molecule has 0 rings (SSSR count). The Morgan fingerprint density at radius 1 is 1.07 bits per heavy atom. The van der Waals surface area contributed by atoms with E-state index in [4.69, 9.17) is 23.2 Å². The molecular formula is C9H12Cl2N2O2. The van der Waals surface area contributed by atoms with E-state index in [9.17, 15) is 9.59 Å². The zero-order valence-corrected chi connectivity index (χ0v) is 9.83. The van der Waals surface area contributed by atoms with E-state index < -0.39 is 4.84 Å². The predicted octanol–water partition coefficient (Wildman–Crippen LogP) is 2.39. The minimum atomic E-state index is -0.593. The van der Waals surface area contributed by atoms with E-state index in [-0.39, 0.29) is 12.1 Å². The predicted molar refractivity (Wildman–Crippen MR) is 58.8 cm³/mol. The van der Waals surface area contributed by atoms with Gasteiger partial charge < -0.3 is 0 Å². The Hall–Kier alpha value is -0.660. The number of halogens is 2. The fraction of sp³-hybridized carbons (Fsp3) is 0.778. The highest BCUT2D eigenvalue weighted by Crippen LogP contribution is 2.18. The van der Waals surface area contributed by atoms with Gasteiger partial charge in [0, 0.05) is 6.42 Å². The van der Waals surface area contributed by atoms with E-state index >= 15 is 0 Å². The average Bonchev–Trinajstić information content (AvgIpc) is 2.16. The molecule has 6 heteroatoms. The van der Waals surface area contributed by atoms with Gasteiger partial charge in [-0.15, -0.1) is 23.2 Å². The van der Waals surface area contributed by atoms with Crippen molar-refractivity contribution in [2.45, 2.75) is 43.1 Å². The molecule has 4 nitrogen and oxygen atoms in total. The zero-order valence-electron chi connectivity index (χ0n) is 8.32. The van der Waals surface area contributed by atoms with E-state index in [1.807, 2.05) is 6.92 Å². The fourth-order valence-corrected chi connectivity index (χ4v) is 1.59. The molecule has 0 bridgehead atoms. The minimum Gasteiger partial charge on any atom is -0.211 e. The normalized spacial score (nSPS) is 13.9. The Kier molecular flexibility index (Phi) is 8.25. The third kappa shape index (κ3) is 7.29. The van der Waals surface area contributed by atoms with Gasteiger partial charge in [0.05, 0.1) is 12.1 Å². The molecule has 0 aliphatic heterocycles. The van der Waals surface area contributed by atoms with Gasteiger partial charge >= 0.3 is 0 Å². The van der Waals surface area contributed by atoms with Gasteiger partial charge in [-0.05, 0) is 12.8 Å². The summed E-state index contributed by atoms with van der Waals surface area (Å²) in [5.74, 6) is 0.